The van der Waals surface area contributed by atoms with E-state index >= 15 is 0 Å². The molecule has 0 radical (unpaired) electrons. The van der Waals surface area contributed by atoms with E-state index in [1.54, 1.807) is 0 Å². The van der Waals surface area contributed by atoms with Gasteiger partial charge >= 0.3 is 0 Å². The van der Waals surface area contributed by atoms with Crippen molar-refractivity contribution in [1.82, 2.24) is 0 Å². The van der Waals surface area contributed by atoms with Gasteiger partial charge in [0.25, 0.3) is 0 Å². The van der Waals surface area contributed by atoms with E-state index in [9.17, 15) is 0 Å². The number of fused-ring (bicyclic) bond motifs is 9. The minimum Gasteiger partial charge on any atom is -0.456 e. The van der Waals surface area contributed by atoms with Gasteiger partial charge in [-0.05, 0) is 86.9 Å². The lowest BCUT2D eigenvalue weighted by molar-refractivity contribution is 0.669. The Morgan fingerprint density at radius 3 is 1.87 bits per heavy atom. The molecule has 2 heterocycles. The Kier molecular flexibility index (Phi) is 6.55. The first kappa shape index (κ1) is 29.6. The summed E-state index contributed by atoms with van der Waals surface area (Å²) >= 11 is 0. The van der Waals surface area contributed by atoms with Gasteiger partial charge in [-0.2, -0.15) is 0 Å². The van der Waals surface area contributed by atoms with Crippen molar-refractivity contribution in [2.75, 3.05) is 4.90 Å². The standard InChI is InChI=1S/C50H31NO2/c1-2-12-32(13-3-1)38-21-9-15-34-16-10-22-39(48(34)38)35-17-8-18-36(30-35)51(37-27-29-42-41-20-6-7-24-45(41)52-47(42)31-37)44-23-11-25-46-49(44)43-28-26-33-14-4-5-19-40(33)50(43)53-46/h1-31H. The molecular weight excluding hydrogens is 647 g/mol. The first-order valence-electron chi connectivity index (χ1n) is 18.0. The zero-order valence-corrected chi connectivity index (χ0v) is 28.7. The molecule has 0 aliphatic rings. The average molecular weight is 678 g/mol. The molecule has 248 valence electrons. The number of hydrogen-bond donors (Lipinski definition) is 0. The van der Waals surface area contributed by atoms with Crippen molar-refractivity contribution in [3.05, 3.63) is 188 Å². The predicted octanol–water partition coefficient (Wildman–Crippen LogP) is 14.6. The van der Waals surface area contributed by atoms with Crippen LogP contribution in [0.4, 0.5) is 17.1 Å². The third-order valence-corrected chi connectivity index (χ3v) is 10.6. The number of hydrogen-bond acceptors (Lipinski definition) is 3. The maximum absolute atomic E-state index is 6.69. The van der Waals surface area contributed by atoms with Crippen LogP contribution in [0.1, 0.15) is 0 Å². The molecule has 0 fully saturated rings. The smallest absolute Gasteiger partial charge is 0.143 e. The molecule has 11 rings (SSSR count). The molecule has 11 aromatic rings. The van der Waals surface area contributed by atoms with Crippen LogP contribution < -0.4 is 4.90 Å². The molecule has 2 aromatic heterocycles. The third-order valence-electron chi connectivity index (χ3n) is 10.6. The number of benzene rings is 9. The van der Waals surface area contributed by atoms with Crippen molar-refractivity contribution in [2.45, 2.75) is 0 Å². The van der Waals surface area contributed by atoms with Gasteiger partial charge in [0.05, 0.1) is 11.1 Å². The molecule has 53 heavy (non-hydrogen) atoms. The van der Waals surface area contributed by atoms with E-state index in [1.807, 2.05) is 12.1 Å². The van der Waals surface area contributed by atoms with E-state index in [1.165, 1.54) is 27.5 Å². The first-order chi connectivity index (χ1) is 26.3. The van der Waals surface area contributed by atoms with Crippen molar-refractivity contribution in [3.63, 3.8) is 0 Å². The molecular formula is C50H31NO2. The minimum atomic E-state index is 0.848. The lowest BCUT2D eigenvalue weighted by Gasteiger charge is -2.27. The van der Waals surface area contributed by atoms with Gasteiger partial charge in [-0.25, -0.2) is 0 Å². The lowest BCUT2D eigenvalue weighted by atomic mass is 9.91. The summed E-state index contributed by atoms with van der Waals surface area (Å²) < 4.78 is 13.1. The molecule has 0 aliphatic carbocycles. The maximum Gasteiger partial charge on any atom is 0.143 e. The van der Waals surface area contributed by atoms with Crippen LogP contribution >= 0.6 is 0 Å². The topological polar surface area (TPSA) is 29.5 Å². The van der Waals surface area contributed by atoms with Crippen molar-refractivity contribution < 1.29 is 8.83 Å². The van der Waals surface area contributed by atoms with Gasteiger partial charge in [-0.3, -0.25) is 0 Å². The Balaban J connectivity index is 1.17. The summed E-state index contributed by atoms with van der Waals surface area (Å²) in [5, 5.41) is 9.08. The molecule has 3 heteroatoms. The summed E-state index contributed by atoms with van der Waals surface area (Å²) in [7, 11) is 0. The number of rotatable bonds is 5. The SMILES string of the molecule is c1ccc(-c2cccc3cccc(-c4cccc(N(c5ccc6c(c5)oc5ccccc56)c5cccc6oc7c8ccccc8ccc7c56)c4)c23)cc1. The molecule has 9 aromatic carbocycles. The van der Waals surface area contributed by atoms with Crippen LogP contribution in [0, 0.1) is 0 Å². The average Bonchev–Trinajstić information content (AvgIpc) is 3.80. The summed E-state index contributed by atoms with van der Waals surface area (Å²) in [6.07, 6.45) is 0. The van der Waals surface area contributed by atoms with E-state index in [0.717, 1.165) is 77.3 Å². The number of furan rings is 2. The Labute approximate surface area is 305 Å². The van der Waals surface area contributed by atoms with E-state index in [2.05, 4.69) is 181 Å². The highest BCUT2D eigenvalue weighted by molar-refractivity contribution is 6.20. The van der Waals surface area contributed by atoms with Gasteiger partial charge in [0.2, 0.25) is 0 Å². The molecule has 0 spiro atoms. The van der Waals surface area contributed by atoms with Gasteiger partial charge in [0, 0.05) is 39.0 Å². The molecule has 0 saturated carbocycles. The Bertz CT molecular complexity index is 3180. The van der Waals surface area contributed by atoms with Crippen molar-refractivity contribution in [2.24, 2.45) is 0 Å². The van der Waals surface area contributed by atoms with E-state index in [0.29, 0.717) is 0 Å². The molecule has 0 unspecified atom stereocenters. The van der Waals surface area contributed by atoms with E-state index in [-0.39, 0.29) is 0 Å². The fourth-order valence-electron chi connectivity index (χ4n) is 8.25. The van der Waals surface area contributed by atoms with E-state index in [4.69, 9.17) is 8.83 Å². The molecule has 0 bridgehead atoms. The van der Waals surface area contributed by atoms with Crippen LogP contribution in [0.5, 0.6) is 0 Å². The van der Waals surface area contributed by atoms with Gasteiger partial charge in [-0.15, -0.1) is 0 Å². The number of anilines is 3. The van der Waals surface area contributed by atoms with Crippen LogP contribution in [0.2, 0.25) is 0 Å². The second kappa shape index (κ2) is 11.7. The largest absolute Gasteiger partial charge is 0.456 e. The molecule has 0 atom stereocenters. The van der Waals surface area contributed by atoms with Crippen molar-refractivity contribution in [3.8, 4) is 22.3 Å². The van der Waals surface area contributed by atoms with Gasteiger partial charge in [-0.1, -0.05) is 133 Å². The summed E-state index contributed by atoms with van der Waals surface area (Å²) in [6.45, 7) is 0. The first-order valence-corrected chi connectivity index (χ1v) is 18.0. The summed E-state index contributed by atoms with van der Waals surface area (Å²) in [4.78, 5) is 2.35. The van der Waals surface area contributed by atoms with Gasteiger partial charge in [0.15, 0.2) is 0 Å². The maximum atomic E-state index is 6.69. The second-order valence-corrected chi connectivity index (χ2v) is 13.7. The fourth-order valence-corrected chi connectivity index (χ4v) is 8.25. The Morgan fingerprint density at radius 2 is 0.981 bits per heavy atom. The van der Waals surface area contributed by atoms with Crippen LogP contribution in [0.15, 0.2) is 197 Å². The normalized spacial score (nSPS) is 11.8. The minimum absolute atomic E-state index is 0.848. The second-order valence-electron chi connectivity index (χ2n) is 13.7. The van der Waals surface area contributed by atoms with E-state index < -0.39 is 0 Å². The lowest BCUT2D eigenvalue weighted by Crippen LogP contribution is -2.10. The summed E-state index contributed by atoms with van der Waals surface area (Å²) in [5.74, 6) is 0. The van der Waals surface area contributed by atoms with Crippen LogP contribution in [-0.4, -0.2) is 0 Å². The van der Waals surface area contributed by atoms with Crippen molar-refractivity contribution in [1.29, 1.82) is 0 Å². The van der Waals surface area contributed by atoms with Crippen LogP contribution in [-0.2, 0) is 0 Å². The predicted molar refractivity (Wildman–Crippen MR) is 222 cm³/mol. The quantitative estimate of drug-likeness (QED) is 0.182. The van der Waals surface area contributed by atoms with Crippen LogP contribution in [0.3, 0.4) is 0 Å². The highest BCUT2D eigenvalue weighted by Crippen LogP contribution is 2.46. The molecule has 0 aliphatic heterocycles. The summed E-state index contributed by atoms with van der Waals surface area (Å²) in [5.41, 5.74) is 11.3. The highest BCUT2D eigenvalue weighted by atomic mass is 16.3. The zero-order valence-electron chi connectivity index (χ0n) is 28.7. The monoisotopic (exact) mass is 677 g/mol. The van der Waals surface area contributed by atoms with Gasteiger partial charge in [0.1, 0.15) is 22.3 Å². The molecule has 3 nitrogen and oxygen atoms in total. The number of nitrogens with zero attached hydrogens (tertiary/aromatic N) is 1. The van der Waals surface area contributed by atoms with Crippen molar-refractivity contribution >= 4 is 82.5 Å². The fraction of sp³-hybridized carbons (Fsp3) is 0. The molecule has 0 N–H and O–H groups in total. The highest BCUT2D eigenvalue weighted by Gasteiger charge is 2.22. The number of para-hydroxylation sites is 1. The van der Waals surface area contributed by atoms with Gasteiger partial charge < -0.3 is 13.7 Å². The Hall–Kier alpha value is -7.10. The molecule has 0 amide bonds. The van der Waals surface area contributed by atoms with Crippen LogP contribution in [0.25, 0.3) is 87.7 Å². The molecule has 0 saturated heterocycles. The third kappa shape index (κ3) is 4.68. The Morgan fingerprint density at radius 1 is 0.340 bits per heavy atom. The summed E-state index contributed by atoms with van der Waals surface area (Å²) in [6, 6.07) is 66.8. The zero-order chi connectivity index (χ0) is 34.9.